The summed E-state index contributed by atoms with van der Waals surface area (Å²) < 4.78 is 19.5. The molecule has 0 aromatic carbocycles. The van der Waals surface area contributed by atoms with Crippen LogP contribution in [-0.2, 0) is 28.5 Å². The van der Waals surface area contributed by atoms with Crippen molar-refractivity contribution in [3.05, 3.63) is 24.3 Å². The van der Waals surface area contributed by atoms with Gasteiger partial charge in [0.05, 0.1) is 52.9 Å². The molecule has 0 rings (SSSR count). The summed E-state index contributed by atoms with van der Waals surface area (Å²) in [6.45, 7) is 12.5. The van der Waals surface area contributed by atoms with Gasteiger partial charge in [-0.15, -0.1) is 0 Å². The normalized spacial score (nSPS) is 9.69. The van der Waals surface area contributed by atoms with Crippen LogP contribution in [0, 0.1) is 0 Å². The molecule has 0 aliphatic heterocycles. The van der Waals surface area contributed by atoms with Crippen molar-refractivity contribution < 1.29 is 38.7 Å². The van der Waals surface area contributed by atoms with Crippen LogP contribution in [-0.4, -0.2) is 75.0 Å². The van der Waals surface area contributed by atoms with Crippen molar-refractivity contribution in [2.24, 2.45) is 0 Å². The van der Waals surface area contributed by atoms with E-state index in [1.165, 1.54) is 0 Å². The second-order valence-electron chi connectivity index (χ2n) is 5.21. The van der Waals surface area contributed by atoms with E-state index in [0.29, 0.717) is 63.6 Å². The average Bonchev–Trinajstić information content (AvgIpc) is 2.60. The minimum Gasteiger partial charge on any atom is -0.462 e. The molecule has 0 spiro atoms. The Morgan fingerprint density at radius 3 is 1.31 bits per heavy atom. The fraction of sp³-hybridized carbons (Fsp3) is 0.667. The molecule has 8 heteroatoms. The largest absolute Gasteiger partial charge is 0.462 e. The van der Waals surface area contributed by atoms with Crippen LogP contribution in [0.1, 0.15) is 26.7 Å². The SMILES string of the molecule is C=C(C)C(=O)OCCCCOC(=O)C(=C)C.OCCOCCOCCO. The van der Waals surface area contributed by atoms with E-state index in [1.807, 2.05) is 0 Å². The Balaban J connectivity index is 0. The first kappa shape index (κ1) is 26.5. The number of rotatable bonds is 14. The molecule has 8 nitrogen and oxygen atoms in total. The minimum atomic E-state index is -0.390. The lowest BCUT2D eigenvalue weighted by atomic mass is 10.3. The monoisotopic (exact) mass is 376 g/mol. The Labute approximate surface area is 155 Å². The maximum absolute atomic E-state index is 11.0. The van der Waals surface area contributed by atoms with Crippen LogP contribution < -0.4 is 0 Å². The first-order valence-corrected chi connectivity index (χ1v) is 8.39. The summed E-state index contributed by atoms with van der Waals surface area (Å²) in [6.07, 6.45) is 1.31. The first-order chi connectivity index (χ1) is 12.4. The molecular weight excluding hydrogens is 344 g/mol. The zero-order valence-electron chi connectivity index (χ0n) is 15.8. The predicted molar refractivity (Wildman–Crippen MR) is 96.6 cm³/mol. The molecule has 0 unspecified atom stereocenters. The Hall–Kier alpha value is -1.74. The smallest absolute Gasteiger partial charge is 0.333 e. The highest BCUT2D eigenvalue weighted by Gasteiger charge is 2.04. The maximum Gasteiger partial charge on any atom is 0.333 e. The highest BCUT2D eigenvalue weighted by atomic mass is 16.5. The van der Waals surface area contributed by atoms with Crippen molar-refractivity contribution in [2.75, 3.05) is 52.9 Å². The van der Waals surface area contributed by atoms with Crippen LogP contribution in [0.2, 0.25) is 0 Å². The van der Waals surface area contributed by atoms with Gasteiger partial charge in [-0.3, -0.25) is 0 Å². The molecule has 0 fully saturated rings. The Bertz CT molecular complexity index is 368. The van der Waals surface area contributed by atoms with Crippen LogP contribution >= 0.6 is 0 Å². The van der Waals surface area contributed by atoms with E-state index in [0.717, 1.165) is 0 Å². The number of aliphatic hydroxyl groups is 2. The summed E-state index contributed by atoms with van der Waals surface area (Å²) in [6, 6.07) is 0. The van der Waals surface area contributed by atoms with E-state index < -0.39 is 0 Å². The molecule has 152 valence electrons. The summed E-state index contributed by atoms with van der Waals surface area (Å²) in [5.74, 6) is -0.780. The summed E-state index contributed by atoms with van der Waals surface area (Å²) >= 11 is 0. The van der Waals surface area contributed by atoms with Gasteiger partial charge in [0, 0.05) is 11.1 Å². The van der Waals surface area contributed by atoms with E-state index in [9.17, 15) is 9.59 Å². The van der Waals surface area contributed by atoms with Crippen molar-refractivity contribution in [2.45, 2.75) is 26.7 Å². The molecule has 0 saturated heterocycles. The summed E-state index contributed by atoms with van der Waals surface area (Å²) in [5.41, 5.74) is 0.766. The molecule has 26 heavy (non-hydrogen) atoms. The van der Waals surface area contributed by atoms with E-state index >= 15 is 0 Å². The highest BCUT2D eigenvalue weighted by molar-refractivity contribution is 5.87. The van der Waals surface area contributed by atoms with E-state index in [1.54, 1.807) is 13.8 Å². The minimum absolute atomic E-state index is 0.0417. The molecule has 0 aromatic rings. The first-order valence-electron chi connectivity index (χ1n) is 8.39. The van der Waals surface area contributed by atoms with Crippen LogP contribution in [0.4, 0.5) is 0 Å². The maximum atomic E-state index is 11.0. The number of ether oxygens (including phenoxy) is 4. The lowest BCUT2D eigenvalue weighted by molar-refractivity contribution is -0.141. The van der Waals surface area contributed by atoms with Gasteiger partial charge in [-0.05, 0) is 26.7 Å². The third-order valence-electron chi connectivity index (χ3n) is 2.55. The van der Waals surface area contributed by atoms with Gasteiger partial charge in [-0.1, -0.05) is 13.2 Å². The van der Waals surface area contributed by atoms with Gasteiger partial charge in [0.15, 0.2) is 0 Å². The molecule has 0 heterocycles. The lowest BCUT2D eigenvalue weighted by Gasteiger charge is -2.05. The third-order valence-corrected chi connectivity index (χ3v) is 2.55. The van der Waals surface area contributed by atoms with Gasteiger partial charge in [-0.2, -0.15) is 0 Å². The molecule has 2 N–H and O–H groups in total. The van der Waals surface area contributed by atoms with Crippen molar-refractivity contribution in [1.29, 1.82) is 0 Å². The summed E-state index contributed by atoms with van der Waals surface area (Å²) in [5, 5.41) is 16.5. The number of hydrogen-bond acceptors (Lipinski definition) is 8. The average molecular weight is 376 g/mol. The van der Waals surface area contributed by atoms with Gasteiger partial charge in [0.2, 0.25) is 0 Å². The van der Waals surface area contributed by atoms with Crippen molar-refractivity contribution in [3.63, 3.8) is 0 Å². The van der Waals surface area contributed by atoms with Crippen LogP contribution in [0.5, 0.6) is 0 Å². The molecule has 0 amide bonds. The number of unbranched alkanes of at least 4 members (excludes halogenated alkanes) is 1. The predicted octanol–water partition coefficient (Wildman–Crippen LogP) is 1.01. The molecule has 0 aliphatic rings. The molecule has 0 aliphatic carbocycles. The van der Waals surface area contributed by atoms with Crippen molar-refractivity contribution in [3.8, 4) is 0 Å². The standard InChI is InChI=1S/C12H18O4.C6H14O4/c1-9(2)11(13)15-7-5-6-8-16-12(14)10(3)4;7-1-3-9-5-6-10-4-2-8/h1,3,5-8H2,2,4H3;7-8H,1-6H2. The van der Waals surface area contributed by atoms with Gasteiger partial charge in [-0.25, -0.2) is 9.59 Å². The molecule has 0 bridgehead atoms. The zero-order valence-corrected chi connectivity index (χ0v) is 15.8. The van der Waals surface area contributed by atoms with Crippen LogP contribution in [0.15, 0.2) is 24.3 Å². The van der Waals surface area contributed by atoms with Gasteiger partial charge >= 0.3 is 11.9 Å². The van der Waals surface area contributed by atoms with Crippen LogP contribution in [0.3, 0.4) is 0 Å². The van der Waals surface area contributed by atoms with Gasteiger partial charge in [0.1, 0.15) is 0 Å². The van der Waals surface area contributed by atoms with Crippen molar-refractivity contribution in [1.82, 2.24) is 0 Å². The number of aliphatic hydroxyl groups excluding tert-OH is 2. The number of carbonyl (C=O) groups excluding carboxylic acids is 2. The highest BCUT2D eigenvalue weighted by Crippen LogP contribution is 1.98. The van der Waals surface area contributed by atoms with E-state index in [-0.39, 0.29) is 25.2 Å². The molecule has 0 radical (unpaired) electrons. The second-order valence-corrected chi connectivity index (χ2v) is 5.21. The molecule has 0 atom stereocenters. The zero-order chi connectivity index (χ0) is 20.2. The number of hydrogen-bond donors (Lipinski definition) is 2. The topological polar surface area (TPSA) is 112 Å². The number of esters is 2. The fourth-order valence-corrected chi connectivity index (χ4v) is 1.23. The second kappa shape index (κ2) is 19.6. The summed E-state index contributed by atoms with van der Waals surface area (Å²) in [7, 11) is 0. The summed E-state index contributed by atoms with van der Waals surface area (Å²) in [4.78, 5) is 21.9. The van der Waals surface area contributed by atoms with Gasteiger partial charge in [0.25, 0.3) is 0 Å². The van der Waals surface area contributed by atoms with E-state index in [2.05, 4.69) is 13.2 Å². The Kier molecular flexibility index (Phi) is 20.0. The quantitative estimate of drug-likeness (QED) is 0.262. The van der Waals surface area contributed by atoms with Gasteiger partial charge < -0.3 is 29.2 Å². The van der Waals surface area contributed by atoms with Crippen LogP contribution in [0.25, 0.3) is 0 Å². The lowest BCUT2D eigenvalue weighted by Crippen LogP contribution is -2.09. The molecule has 0 aromatic heterocycles. The van der Waals surface area contributed by atoms with E-state index in [4.69, 9.17) is 29.2 Å². The fourth-order valence-electron chi connectivity index (χ4n) is 1.23. The number of carbonyl (C=O) groups is 2. The Morgan fingerprint density at radius 1 is 0.692 bits per heavy atom. The van der Waals surface area contributed by atoms with Crippen molar-refractivity contribution >= 4 is 11.9 Å². The molecule has 0 saturated carbocycles. The third kappa shape index (κ3) is 20.3. The molecular formula is C18H32O8. The Morgan fingerprint density at radius 2 is 1.04 bits per heavy atom.